The second-order valence-electron chi connectivity index (χ2n) is 15.2. The Morgan fingerprint density at radius 2 is 0.932 bits per heavy atom. The molecule has 1 rings (SSSR count). The molecular weight excluding hydrogens is 779 g/mol. The van der Waals surface area contributed by atoms with Crippen LogP contribution in [0.15, 0.2) is 60.8 Å². The molecule has 0 aromatic rings. The van der Waals surface area contributed by atoms with Crippen LogP contribution in [0.5, 0.6) is 0 Å². The van der Waals surface area contributed by atoms with Crippen LogP contribution in [0.25, 0.3) is 0 Å². The molecule has 0 radical (unpaired) electrons. The van der Waals surface area contributed by atoms with Crippen molar-refractivity contribution < 1.29 is 63.1 Å². The maximum Gasteiger partial charge on any atom is 0.472 e. The number of phosphoric acid groups is 1. The largest absolute Gasteiger partial charge is 0.472 e. The Morgan fingerprint density at radius 3 is 1.49 bits per heavy atom. The summed E-state index contributed by atoms with van der Waals surface area (Å²) >= 11 is 0. The summed E-state index contributed by atoms with van der Waals surface area (Å²) in [6.45, 7) is 3.18. The van der Waals surface area contributed by atoms with Crippen molar-refractivity contribution in [1.82, 2.24) is 0 Å². The molecule has 0 heterocycles. The van der Waals surface area contributed by atoms with Gasteiger partial charge in [0.25, 0.3) is 0 Å². The Balaban J connectivity index is 2.55. The molecule has 0 aliphatic heterocycles. The predicted molar refractivity (Wildman–Crippen MR) is 230 cm³/mol. The van der Waals surface area contributed by atoms with Crippen LogP contribution in [-0.2, 0) is 32.7 Å². The molecule has 1 aliphatic carbocycles. The maximum atomic E-state index is 12.8. The topological polar surface area (TPSA) is 210 Å². The first-order valence-corrected chi connectivity index (χ1v) is 23.6. The summed E-state index contributed by atoms with van der Waals surface area (Å²) in [5, 5.41) is 50.1. The van der Waals surface area contributed by atoms with Gasteiger partial charge in [0.2, 0.25) is 0 Å². The van der Waals surface area contributed by atoms with Gasteiger partial charge in [-0.25, -0.2) is 4.57 Å². The highest BCUT2D eigenvalue weighted by Crippen LogP contribution is 2.47. The summed E-state index contributed by atoms with van der Waals surface area (Å²) in [6.07, 6.45) is 28.6. The van der Waals surface area contributed by atoms with E-state index >= 15 is 0 Å². The Labute approximate surface area is 353 Å². The van der Waals surface area contributed by atoms with Crippen molar-refractivity contribution >= 4 is 19.8 Å². The fourth-order valence-corrected chi connectivity index (χ4v) is 7.19. The van der Waals surface area contributed by atoms with Crippen molar-refractivity contribution in [3.8, 4) is 0 Å². The van der Waals surface area contributed by atoms with Crippen molar-refractivity contribution in [3.63, 3.8) is 0 Å². The number of allylic oxidation sites excluding steroid dienone is 10. The second-order valence-corrected chi connectivity index (χ2v) is 16.6. The molecule has 1 fully saturated rings. The van der Waals surface area contributed by atoms with Gasteiger partial charge in [-0.1, -0.05) is 126 Å². The average Bonchev–Trinajstić information content (AvgIpc) is 3.21. The summed E-state index contributed by atoms with van der Waals surface area (Å²) in [5.41, 5.74) is 0. The number of unbranched alkanes of at least 4 members (excludes halogenated alkanes) is 13. The van der Waals surface area contributed by atoms with Gasteiger partial charge < -0.3 is 39.9 Å². The Kier molecular flexibility index (Phi) is 32.5. The minimum Gasteiger partial charge on any atom is -0.462 e. The van der Waals surface area contributed by atoms with Crippen molar-refractivity contribution in [1.29, 1.82) is 0 Å². The van der Waals surface area contributed by atoms with Gasteiger partial charge in [-0.3, -0.25) is 18.6 Å². The van der Waals surface area contributed by atoms with E-state index in [-0.39, 0.29) is 12.8 Å². The molecule has 13 nitrogen and oxygen atoms in total. The molecule has 1 aliphatic rings. The van der Waals surface area contributed by atoms with E-state index in [1.54, 1.807) is 0 Å². The van der Waals surface area contributed by atoms with Gasteiger partial charge in [0.15, 0.2) is 6.10 Å². The van der Waals surface area contributed by atoms with Crippen LogP contribution in [0.3, 0.4) is 0 Å². The lowest BCUT2D eigenvalue weighted by molar-refractivity contribution is -0.220. The Morgan fingerprint density at radius 1 is 0.525 bits per heavy atom. The fourth-order valence-electron chi connectivity index (χ4n) is 6.21. The molecule has 0 saturated heterocycles. The monoisotopic (exact) mass is 857 g/mol. The number of hydrogen-bond donors (Lipinski definition) is 6. The van der Waals surface area contributed by atoms with Crippen LogP contribution in [0, 0.1) is 0 Å². The molecule has 0 amide bonds. The number of ether oxygens (including phenoxy) is 2. The van der Waals surface area contributed by atoms with Crippen molar-refractivity contribution in [2.45, 2.75) is 198 Å². The van der Waals surface area contributed by atoms with Crippen LogP contribution < -0.4 is 0 Å². The standard InChI is InChI=1S/C45H77O13P/c1-3-5-7-9-11-13-15-17-18-19-20-22-24-26-28-30-32-34-39(47)57-37(36-56-59(53,54)58-45-43(51)41(49)40(48)42(50)44(45)52)35-55-38(46)33-31-29-27-25-23-21-16-14-12-10-8-6-4-2/h11,13,17-18,20-23,26,28,37,40-45,48-52H,3-10,12,14-16,19,24-25,27,29-36H2,1-2H3,(H,53,54)/b13-11+,18-17+,22-20+,23-21+,28-26+/t37-,40?,41+,42?,43?,44?,45?/m1/s1. The third kappa shape index (κ3) is 27.9. The average molecular weight is 857 g/mol. The number of carbonyl (C=O) groups is 2. The summed E-state index contributed by atoms with van der Waals surface area (Å²) in [5.74, 6) is -1.19. The smallest absolute Gasteiger partial charge is 0.462 e. The van der Waals surface area contributed by atoms with Gasteiger partial charge in [-0.2, -0.15) is 0 Å². The highest BCUT2D eigenvalue weighted by atomic mass is 31.2. The fraction of sp³-hybridized carbons (Fsp3) is 0.733. The lowest BCUT2D eigenvalue weighted by Crippen LogP contribution is -2.64. The number of esters is 2. The van der Waals surface area contributed by atoms with Gasteiger partial charge in [-0.15, -0.1) is 0 Å². The number of aliphatic hydroxyl groups excluding tert-OH is 5. The van der Waals surface area contributed by atoms with Crippen LogP contribution in [0.4, 0.5) is 0 Å². The maximum absolute atomic E-state index is 12.8. The molecule has 0 aromatic heterocycles. The lowest BCUT2D eigenvalue weighted by Gasteiger charge is -2.41. The molecule has 340 valence electrons. The van der Waals surface area contributed by atoms with Crippen molar-refractivity contribution in [3.05, 3.63) is 60.8 Å². The highest BCUT2D eigenvalue weighted by Gasteiger charge is 2.51. The quantitative estimate of drug-likeness (QED) is 0.0154. The van der Waals surface area contributed by atoms with Crippen LogP contribution >= 0.6 is 7.82 Å². The molecule has 1 saturated carbocycles. The molecule has 0 bridgehead atoms. The van der Waals surface area contributed by atoms with Gasteiger partial charge in [0, 0.05) is 12.8 Å². The van der Waals surface area contributed by atoms with Gasteiger partial charge in [0.1, 0.15) is 43.2 Å². The highest BCUT2D eigenvalue weighted by molar-refractivity contribution is 7.47. The van der Waals surface area contributed by atoms with Gasteiger partial charge >= 0.3 is 19.8 Å². The molecule has 0 spiro atoms. The SMILES string of the molecule is CCCCC/C=C/C/C=C/C/C=C/C/C=C/CCCC(=O)O[C@H](COC(=O)CCCCC/C=C/CCCCCCCC)COP(=O)(O)OC1C(O)C(O)C(O)[C@H](O)C1O. The van der Waals surface area contributed by atoms with E-state index in [0.29, 0.717) is 19.3 Å². The molecule has 14 heteroatoms. The third-order valence-electron chi connectivity index (χ3n) is 9.83. The molecule has 59 heavy (non-hydrogen) atoms. The minimum absolute atomic E-state index is 0.0156. The number of aliphatic hydroxyl groups is 5. The summed E-state index contributed by atoms with van der Waals surface area (Å²) in [6, 6.07) is 0. The molecule has 6 unspecified atom stereocenters. The first kappa shape index (κ1) is 54.6. The molecule has 8 atom stereocenters. The van der Waals surface area contributed by atoms with E-state index in [0.717, 1.165) is 51.4 Å². The normalized spacial score (nSPS) is 22.9. The van der Waals surface area contributed by atoms with Gasteiger partial charge in [0.05, 0.1) is 6.61 Å². The number of phosphoric ester groups is 1. The zero-order valence-electron chi connectivity index (χ0n) is 35.8. The minimum atomic E-state index is -5.14. The first-order chi connectivity index (χ1) is 28.4. The number of carbonyl (C=O) groups excluding carboxylic acids is 2. The van der Waals surface area contributed by atoms with Crippen LogP contribution in [-0.4, -0.2) is 98.3 Å². The van der Waals surface area contributed by atoms with E-state index in [2.05, 4.69) is 62.5 Å². The predicted octanol–water partition coefficient (Wildman–Crippen LogP) is 8.16. The van der Waals surface area contributed by atoms with Gasteiger partial charge in [-0.05, 0) is 77.0 Å². The third-order valence-corrected chi connectivity index (χ3v) is 10.8. The zero-order chi connectivity index (χ0) is 43.6. The van der Waals surface area contributed by atoms with Crippen molar-refractivity contribution in [2.75, 3.05) is 13.2 Å². The van der Waals surface area contributed by atoms with Crippen molar-refractivity contribution in [2.24, 2.45) is 0 Å². The summed E-state index contributed by atoms with van der Waals surface area (Å²) in [7, 11) is -5.14. The summed E-state index contributed by atoms with van der Waals surface area (Å²) < 4.78 is 33.4. The van der Waals surface area contributed by atoms with Crippen LogP contribution in [0.2, 0.25) is 0 Å². The molecule has 6 N–H and O–H groups in total. The number of rotatable bonds is 35. The van der Waals surface area contributed by atoms with Crippen LogP contribution in [0.1, 0.15) is 155 Å². The second kappa shape index (κ2) is 35.2. The Bertz CT molecular complexity index is 1270. The first-order valence-electron chi connectivity index (χ1n) is 22.1. The lowest BCUT2D eigenvalue weighted by atomic mass is 9.85. The number of hydrogen-bond acceptors (Lipinski definition) is 12. The molecular formula is C45H77O13P. The van der Waals surface area contributed by atoms with E-state index in [4.69, 9.17) is 18.5 Å². The van der Waals surface area contributed by atoms with E-state index < -0.39 is 75.7 Å². The zero-order valence-corrected chi connectivity index (χ0v) is 36.7. The summed E-state index contributed by atoms with van der Waals surface area (Å²) in [4.78, 5) is 35.6. The van der Waals surface area contributed by atoms with E-state index in [1.165, 1.54) is 57.8 Å². The Hall–Kier alpha value is -2.45. The molecule has 0 aromatic carbocycles. The van der Waals surface area contributed by atoms with E-state index in [1.807, 2.05) is 12.2 Å². The van der Waals surface area contributed by atoms with E-state index in [9.17, 15) is 44.6 Å².